The van der Waals surface area contributed by atoms with E-state index in [1.807, 2.05) is 13.8 Å². The van der Waals surface area contributed by atoms with Crippen molar-refractivity contribution in [3.63, 3.8) is 0 Å². The van der Waals surface area contributed by atoms with Gasteiger partial charge >= 0.3 is 0 Å². The molecule has 0 N–H and O–H groups in total. The summed E-state index contributed by atoms with van der Waals surface area (Å²) in [5.74, 6) is 0. The van der Waals surface area contributed by atoms with Gasteiger partial charge in [-0.3, -0.25) is 4.99 Å². The first-order valence-electron chi connectivity index (χ1n) is 4.36. The second-order valence-electron chi connectivity index (χ2n) is 3.26. The summed E-state index contributed by atoms with van der Waals surface area (Å²) in [6, 6.07) is 0. The van der Waals surface area contributed by atoms with E-state index in [2.05, 4.69) is 32.3 Å². The number of aliphatic imine (C=N–C) groups is 1. The van der Waals surface area contributed by atoms with Gasteiger partial charge < -0.3 is 0 Å². The van der Waals surface area contributed by atoms with Crippen molar-refractivity contribution in [3.05, 3.63) is 23.4 Å². The maximum absolute atomic E-state index is 4.33. The summed E-state index contributed by atoms with van der Waals surface area (Å²) in [5, 5.41) is 0. The SMILES string of the molecule is C=C(C)N=C(C)C(CC)=C(C)C. The minimum atomic E-state index is 0.875. The molecule has 0 aromatic heterocycles. The van der Waals surface area contributed by atoms with Gasteiger partial charge in [0, 0.05) is 11.4 Å². The third-order valence-electron chi connectivity index (χ3n) is 1.75. The van der Waals surface area contributed by atoms with Crippen molar-refractivity contribution in [1.82, 2.24) is 0 Å². The Labute approximate surface area is 75.9 Å². The lowest BCUT2D eigenvalue weighted by atomic mass is 10.0. The number of hydrogen-bond donors (Lipinski definition) is 0. The molecule has 0 aromatic rings. The van der Waals surface area contributed by atoms with Crippen LogP contribution >= 0.6 is 0 Å². The molecule has 0 unspecified atom stereocenters. The maximum Gasteiger partial charge on any atom is 0.0406 e. The lowest BCUT2D eigenvalue weighted by molar-refractivity contribution is 1.11. The van der Waals surface area contributed by atoms with Crippen molar-refractivity contribution in [2.24, 2.45) is 4.99 Å². The summed E-state index contributed by atoms with van der Waals surface area (Å²) < 4.78 is 0. The maximum atomic E-state index is 4.33. The topological polar surface area (TPSA) is 12.4 Å². The number of allylic oxidation sites excluding steroid dienone is 3. The van der Waals surface area contributed by atoms with E-state index in [4.69, 9.17) is 0 Å². The molecule has 0 saturated heterocycles. The minimum absolute atomic E-state index is 0.875. The molecule has 0 atom stereocenters. The molecule has 0 aliphatic carbocycles. The molecule has 12 heavy (non-hydrogen) atoms. The molecule has 0 rings (SSSR count). The molecule has 1 heteroatoms. The molecule has 0 radical (unpaired) electrons. The van der Waals surface area contributed by atoms with Crippen molar-refractivity contribution < 1.29 is 0 Å². The zero-order chi connectivity index (χ0) is 9.72. The van der Waals surface area contributed by atoms with Gasteiger partial charge in [-0.05, 0) is 39.7 Å². The molecule has 0 aliphatic heterocycles. The Morgan fingerprint density at radius 2 is 1.67 bits per heavy atom. The van der Waals surface area contributed by atoms with Crippen molar-refractivity contribution >= 4 is 5.71 Å². The van der Waals surface area contributed by atoms with E-state index >= 15 is 0 Å². The van der Waals surface area contributed by atoms with Gasteiger partial charge in [0.25, 0.3) is 0 Å². The Hall–Kier alpha value is -0.850. The first-order chi connectivity index (χ1) is 5.49. The summed E-state index contributed by atoms with van der Waals surface area (Å²) in [4.78, 5) is 4.33. The molecule has 68 valence electrons. The summed E-state index contributed by atoms with van der Waals surface area (Å²) in [6.45, 7) is 14.1. The van der Waals surface area contributed by atoms with Gasteiger partial charge in [-0.1, -0.05) is 19.1 Å². The van der Waals surface area contributed by atoms with Crippen LogP contribution in [0, 0.1) is 0 Å². The zero-order valence-electron chi connectivity index (χ0n) is 8.86. The van der Waals surface area contributed by atoms with Gasteiger partial charge in [-0.25, -0.2) is 0 Å². The fourth-order valence-corrected chi connectivity index (χ4v) is 1.32. The molecule has 0 bridgehead atoms. The molecule has 0 spiro atoms. The minimum Gasteiger partial charge on any atom is -0.259 e. The first kappa shape index (κ1) is 11.2. The molecule has 0 aliphatic rings. The van der Waals surface area contributed by atoms with Crippen LogP contribution in [-0.4, -0.2) is 5.71 Å². The average molecular weight is 165 g/mol. The highest BCUT2D eigenvalue weighted by Crippen LogP contribution is 2.11. The van der Waals surface area contributed by atoms with E-state index in [-0.39, 0.29) is 0 Å². The monoisotopic (exact) mass is 165 g/mol. The van der Waals surface area contributed by atoms with Crippen LogP contribution in [0.15, 0.2) is 28.4 Å². The van der Waals surface area contributed by atoms with Gasteiger partial charge in [-0.2, -0.15) is 0 Å². The average Bonchev–Trinajstić information content (AvgIpc) is 1.85. The van der Waals surface area contributed by atoms with Crippen LogP contribution in [0.4, 0.5) is 0 Å². The second-order valence-corrected chi connectivity index (χ2v) is 3.26. The fourth-order valence-electron chi connectivity index (χ4n) is 1.32. The Morgan fingerprint density at radius 1 is 1.17 bits per heavy atom. The van der Waals surface area contributed by atoms with Gasteiger partial charge in [0.1, 0.15) is 0 Å². The van der Waals surface area contributed by atoms with Crippen molar-refractivity contribution in [3.8, 4) is 0 Å². The molecular formula is C11H19N. The van der Waals surface area contributed by atoms with E-state index in [1.54, 1.807) is 0 Å². The van der Waals surface area contributed by atoms with Crippen LogP contribution in [0.1, 0.15) is 41.0 Å². The van der Waals surface area contributed by atoms with Crippen LogP contribution in [0.3, 0.4) is 0 Å². The van der Waals surface area contributed by atoms with E-state index in [1.165, 1.54) is 11.1 Å². The van der Waals surface area contributed by atoms with E-state index in [0.29, 0.717) is 0 Å². The van der Waals surface area contributed by atoms with Crippen molar-refractivity contribution in [2.75, 3.05) is 0 Å². The van der Waals surface area contributed by atoms with Gasteiger partial charge in [0.05, 0.1) is 0 Å². The fraction of sp³-hybridized carbons (Fsp3) is 0.545. The van der Waals surface area contributed by atoms with E-state index in [0.717, 1.165) is 17.8 Å². The summed E-state index contributed by atoms with van der Waals surface area (Å²) in [7, 11) is 0. The third-order valence-corrected chi connectivity index (χ3v) is 1.75. The number of nitrogens with zero attached hydrogens (tertiary/aromatic N) is 1. The molecule has 0 aromatic carbocycles. The standard InChI is InChI=1S/C11H19N/c1-7-11(8(2)3)10(6)12-9(4)5/h4,7H2,1-3,5-6H3. The van der Waals surface area contributed by atoms with Gasteiger partial charge in [-0.15, -0.1) is 0 Å². The van der Waals surface area contributed by atoms with Gasteiger partial charge in [0.15, 0.2) is 0 Å². The van der Waals surface area contributed by atoms with E-state index < -0.39 is 0 Å². The third kappa shape index (κ3) is 3.51. The summed E-state index contributed by atoms with van der Waals surface area (Å²) in [5.41, 5.74) is 4.67. The Morgan fingerprint density at radius 3 is 1.92 bits per heavy atom. The summed E-state index contributed by atoms with van der Waals surface area (Å²) in [6.07, 6.45) is 1.05. The number of hydrogen-bond acceptors (Lipinski definition) is 1. The van der Waals surface area contributed by atoms with Crippen molar-refractivity contribution in [1.29, 1.82) is 0 Å². The number of rotatable bonds is 3. The summed E-state index contributed by atoms with van der Waals surface area (Å²) >= 11 is 0. The molecule has 0 amide bonds. The highest BCUT2D eigenvalue weighted by atomic mass is 14.7. The lowest BCUT2D eigenvalue weighted by Crippen LogP contribution is -1.98. The largest absolute Gasteiger partial charge is 0.259 e. The molecule has 0 fully saturated rings. The molecule has 1 nitrogen and oxygen atoms in total. The first-order valence-corrected chi connectivity index (χ1v) is 4.36. The predicted octanol–water partition coefficient (Wildman–Crippen LogP) is 3.73. The highest BCUT2D eigenvalue weighted by molar-refractivity contribution is 5.99. The zero-order valence-corrected chi connectivity index (χ0v) is 8.86. The van der Waals surface area contributed by atoms with Crippen LogP contribution in [0.5, 0.6) is 0 Å². The van der Waals surface area contributed by atoms with Crippen LogP contribution in [-0.2, 0) is 0 Å². The normalized spacial score (nSPS) is 11.2. The predicted molar refractivity (Wildman–Crippen MR) is 56.6 cm³/mol. The molecule has 0 heterocycles. The highest BCUT2D eigenvalue weighted by Gasteiger charge is 2.00. The molecule has 0 saturated carbocycles. The Kier molecular flexibility index (Phi) is 4.57. The van der Waals surface area contributed by atoms with Crippen LogP contribution in [0.25, 0.3) is 0 Å². The smallest absolute Gasteiger partial charge is 0.0406 e. The Bertz CT molecular complexity index is 227. The Balaban J connectivity index is 4.78. The lowest BCUT2D eigenvalue weighted by Gasteiger charge is -2.06. The van der Waals surface area contributed by atoms with Crippen LogP contribution in [0.2, 0.25) is 0 Å². The van der Waals surface area contributed by atoms with Gasteiger partial charge in [0.2, 0.25) is 0 Å². The van der Waals surface area contributed by atoms with Crippen LogP contribution < -0.4 is 0 Å². The quantitative estimate of drug-likeness (QED) is 0.565. The molecular weight excluding hydrogens is 146 g/mol. The second kappa shape index (κ2) is 4.91. The van der Waals surface area contributed by atoms with E-state index in [9.17, 15) is 0 Å². The van der Waals surface area contributed by atoms with Crippen molar-refractivity contribution in [2.45, 2.75) is 41.0 Å².